The van der Waals surface area contributed by atoms with Gasteiger partial charge in [-0.3, -0.25) is 9.59 Å². The molecular formula is C21H17BrFN3O2S. The Balaban J connectivity index is 1.74. The molecule has 148 valence electrons. The van der Waals surface area contributed by atoms with E-state index in [1.165, 1.54) is 12.1 Å². The number of nitrogens with one attached hydrogen (secondary N) is 2. The summed E-state index contributed by atoms with van der Waals surface area (Å²) in [7, 11) is 0. The monoisotopic (exact) mass is 473 g/mol. The van der Waals surface area contributed by atoms with Crippen LogP contribution in [0.15, 0.2) is 57.5 Å². The van der Waals surface area contributed by atoms with Crippen LogP contribution < -0.4 is 10.6 Å². The van der Waals surface area contributed by atoms with Crippen molar-refractivity contribution in [1.82, 2.24) is 5.32 Å². The van der Waals surface area contributed by atoms with Crippen molar-refractivity contribution in [2.45, 2.75) is 19.3 Å². The van der Waals surface area contributed by atoms with Crippen molar-refractivity contribution < 1.29 is 14.0 Å². The van der Waals surface area contributed by atoms with E-state index in [2.05, 4.69) is 32.6 Å². The fourth-order valence-corrected chi connectivity index (χ4v) is 4.09. The van der Waals surface area contributed by atoms with Crippen LogP contribution in [0.3, 0.4) is 0 Å². The van der Waals surface area contributed by atoms with Crippen LogP contribution >= 0.6 is 27.7 Å². The molecule has 0 bridgehead atoms. The SMILES string of the molecule is Cc1cc(NC(=O)CSC2=C(C#N)[C@H](c3ccc(F)cc3)CC(=O)N2)ccc1Br. The van der Waals surface area contributed by atoms with Gasteiger partial charge in [0, 0.05) is 22.5 Å². The van der Waals surface area contributed by atoms with Crippen LogP contribution in [0.2, 0.25) is 0 Å². The first-order valence-electron chi connectivity index (χ1n) is 8.75. The van der Waals surface area contributed by atoms with E-state index in [0.717, 1.165) is 21.8 Å². The van der Waals surface area contributed by atoms with Crippen LogP contribution in [-0.4, -0.2) is 17.6 Å². The first kappa shape index (κ1) is 21.1. The third-order valence-corrected chi connectivity index (χ3v) is 6.32. The Bertz CT molecular complexity index is 1030. The third-order valence-electron chi connectivity index (χ3n) is 4.42. The van der Waals surface area contributed by atoms with Crippen molar-refractivity contribution in [3.63, 3.8) is 0 Å². The van der Waals surface area contributed by atoms with Gasteiger partial charge in [-0.15, -0.1) is 0 Å². The first-order chi connectivity index (χ1) is 13.9. The number of nitriles is 1. The van der Waals surface area contributed by atoms with Crippen LogP contribution in [0, 0.1) is 24.1 Å². The molecule has 2 aromatic rings. The van der Waals surface area contributed by atoms with E-state index < -0.39 is 5.92 Å². The molecule has 3 rings (SSSR count). The highest BCUT2D eigenvalue weighted by Gasteiger charge is 2.29. The maximum absolute atomic E-state index is 13.2. The average Bonchev–Trinajstić information content (AvgIpc) is 2.69. The van der Waals surface area contributed by atoms with Gasteiger partial charge in [-0.25, -0.2) is 4.39 Å². The highest BCUT2D eigenvalue weighted by atomic mass is 79.9. The highest BCUT2D eigenvalue weighted by molar-refractivity contribution is 9.10. The van der Waals surface area contributed by atoms with E-state index in [1.807, 2.05) is 19.1 Å². The van der Waals surface area contributed by atoms with Crippen LogP contribution in [0.5, 0.6) is 0 Å². The van der Waals surface area contributed by atoms with E-state index in [-0.39, 0.29) is 29.8 Å². The zero-order valence-electron chi connectivity index (χ0n) is 15.5. The van der Waals surface area contributed by atoms with Crippen LogP contribution in [0.1, 0.15) is 23.5 Å². The fraction of sp³-hybridized carbons (Fsp3) is 0.190. The molecule has 1 aliphatic heterocycles. The van der Waals surface area contributed by atoms with Gasteiger partial charge in [0.25, 0.3) is 0 Å². The molecule has 1 atom stereocenters. The Morgan fingerprint density at radius 1 is 1.34 bits per heavy atom. The van der Waals surface area contributed by atoms with Gasteiger partial charge in [0.2, 0.25) is 11.8 Å². The molecule has 0 spiro atoms. The third kappa shape index (κ3) is 5.25. The average molecular weight is 474 g/mol. The predicted octanol–water partition coefficient (Wildman–Crippen LogP) is 4.61. The Kier molecular flexibility index (Phi) is 6.72. The summed E-state index contributed by atoms with van der Waals surface area (Å²) in [5.74, 6) is -1.31. The molecule has 0 aromatic heterocycles. The van der Waals surface area contributed by atoms with Crippen molar-refractivity contribution in [2.24, 2.45) is 0 Å². The van der Waals surface area contributed by atoms with Gasteiger partial charge in [0.05, 0.1) is 22.4 Å². The lowest BCUT2D eigenvalue weighted by Crippen LogP contribution is -2.31. The summed E-state index contributed by atoms with van der Waals surface area (Å²) >= 11 is 4.51. The van der Waals surface area contributed by atoms with Gasteiger partial charge in [-0.1, -0.05) is 39.8 Å². The summed E-state index contributed by atoms with van der Waals surface area (Å²) in [6, 6.07) is 13.4. The Labute approximate surface area is 180 Å². The molecule has 1 aliphatic rings. The standard InChI is InChI=1S/C21H17BrFN3O2S/c1-12-8-15(6-7-18(12)22)25-20(28)11-29-21-17(10-24)16(9-19(27)26-21)13-2-4-14(23)5-3-13/h2-8,16H,9,11H2,1H3,(H,25,28)(H,26,27)/t16-/m0/s1. The molecule has 5 nitrogen and oxygen atoms in total. The smallest absolute Gasteiger partial charge is 0.234 e. The number of benzene rings is 2. The van der Waals surface area contributed by atoms with Crippen molar-refractivity contribution in [3.05, 3.63) is 74.5 Å². The summed E-state index contributed by atoms with van der Waals surface area (Å²) in [6.07, 6.45) is 0.100. The second-order valence-electron chi connectivity index (χ2n) is 6.51. The fourth-order valence-electron chi connectivity index (χ4n) is 2.97. The topological polar surface area (TPSA) is 82.0 Å². The lowest BCUT2D eigenvalue weighted by Gasteiger charge is -2.25. The number of hydrogen-bond acceptors (Lipinski definition) is 4. The van der Waals surface area contributed by atoms with E-state index in [4.69, 9.17) is 0 Å². The quantitative estimate of drug-likeness (QED) is 0.664. The summed E-state index contributed by atoms with van der Waals surface area (Å²) in [5.41, 5.74) is 2.72. The zero-order valence-corrected chi connectivity index (χ0v) is 17.9. The van der Waals surface area contributed by atoms with Gasteiger partial charge in [0.15, 0.2) is 0 Å². The largest absolute Gasteiger partial charge is 0.325 e. The van der Waals surface area contributed by atoms with E-state index in [0.29, 0.717) is 21.9 Å². The first-order valence-corrected chi connectivity index (χ1v) is 10.5. The predicted molar refractivity (Wildman–Crippen MR) is 115 cm³/mol. The lowest BCUT2D eigenvalue weighted by atomic mass is 9.87. The lowest BCUT2D eigenvalue weighted by molar-refractivity contribution is -0.121. The molecule has 0 radical (unpaired) electrons. The van der Waals surface area contributed by atoms with Crippen molar-refractivity contribution in [2.75, 3.05) is 11.1 Å². The number of anilines is 1. The second-order valence-corrected chi connectivity index (χ2v) is 8.35. The number of aryl methyl sites for hydroxylation is 1. The van der Waals surface area contributed by atoms with Crippen LogP contribution in [0.25, 0.3) is 0 Å². The molecule has 0 saturated heterocycles. The molecule has 2 amide bonds. The Hall–Kier alpha value is -2.63. The van der Waals surface area contributed by atoms with Crippen LogP contribution in [-0.2, 0) is 9.59 Å². The molecule has 29 heavy (non-hydrogen) atoms. The molecule has 8 heteroatoms. The second kappa shape index (κ2) is 9.25. The molecule has 0 aliphatic carbocycles. The number of thioether (sulfide) groups is 1. The van der Waals surface area contributed by atoms with Crippen molar-refractivity contribution >= 4 is 45.2 Å². The number of allylic oxidation sites excluding steroid dienone is 1. The molecule has 0 unspecified atom stereocenters. The summed E-state index contributed by atoms with van der Waals surface area (Å²) in [4.78, 5) is 24.5. The maximum atomic E-state index is 13.2. The minimum absolute atomic E-state index is 0.0338. The maximum Gasteiger partial charge on any atom is 0.234 e. The number of amides is 2. The summed E-state index contributed by atoms with van der Waals surface area (Å²) in [6.45, 7) is 1.92. The number of carbonyl (C=O) groups excluding carboxylic acids is 2. The summed E-state index contributed by atoms with van der Waals surface area (Å²) in [5, 5.41) is 15.5. The van der Waals surface area contributed by atoms with Gasteiger partial charge < -0.3 is 10.6 Å². The summed E-state index contributed by atoms with van der Waals surface area (Å²) < 4.78 is 14.2. The molecular weight excluding hydrogens is 457 g/mol. The van der Waals surface area contributed by atoms with Crippen molar-refractivity contribution in [1.29, 1.82) is 5.26 Å². The molecule has 2 N–H and O–H groups in total. The van der Waals surface area contributed by atoms with Crippen LogP contribution in [0.4, 0.5) is 10.1 Å². The minimum atomic E-state index is -0.464. The normalized spacial score (nSPS) is 16.2. The van der Waals surface area contributed by atoms with Crippen molar-refractivity contribution in [3.8, 4) is 6.07 Å². The zero-order chi connectivity index (χ0) is 21.0. The number of carbonyl (C=O) groups is 2. The highest BCUT2D eigenvalue weighted by Crippen LogP contribution is 2.36. The number of rotatable bonds is 5. The van der Waals surface area contributed by atoms with Gasteiger partial charge in [-0.05, 0) is 48.4 Å². The molecule has 2 aromatic carbocycles. The Morgan fingerprint density at radius 2 is 2.07 bits per heavy atom. The van der Waals surface area contributed by atoms with Gasteiger partial charge in [0.1, 0.15) is 5.82 Å². The molecule has 0 saturated carbocycles. The minimum Gasteiger partial charge on any atom is -0.325 e. The van der Waals surface area contributed by atoms with E-state index >= 15 is 0 Å². The van der Waals surface area contributed by atoms with E-state index in [9.17, 15) is 19.2 Å². The number of nitrogens with zero attached hydrogens (tertiary/aromatic N) is 1. The molecule has 1 heterocycles. The van der Waals surface area contributed by atoms with E-state index in [1.54, 1.807) is 18.2 Å². The molecule has 0 fully saturated rings. The number of hydrogen-bond donors (Lipinski definition) is 2. The van der Waals surface area contributed by atoms with Gasteiger partial charge in [-0.2, -0.15) is 5.26 Å². The Morgan fingerprint density at radius 3 is 2.72 bits per heavy atom. The van der Waals surface area contributed by atoms with Gasteiger partial charge >= 0.3 is 0 Å². The number of halogens is 2.